The van der Waals surface area contributed by atoms with Gasteiger partial charge in [0.15, 0.2) is 18.2 Å². The van der Waals surface area contributed by atoms with Crippen LogP contribution in [-0.2, 0) is 14.2 Å². The quantitative estimate of drug-likeness (QED) is 0.202. The number of Topliss-reactive ketones (excluding diaryl/α,β-unsaturated/α-hetero) is 1. The lowest BCUT2D eigenvalue weighted by atomic mass is 9.95. The Bertz CT molecular complexity index is 1240. The predicted molar refractivity (Wildman–Crippen MR) is 134 cm³/mol. The average molecular weight is 581 g/mol. The normalized spacial score (nSPS) is 37.2. The summed E-state index contributed by atoms with van der Waals surface area (Å²) < 4.78 is 28.6. The van der Waals surface area contributed by atoms with Gasteiger partial charge >= 0.3 is 0 Å². The van der Waals surface area contributed by atoms with E-state index < -0.39 is 79.9 Å². The molecule has 2 aromatic carbocycles. The van der Waals surface area contributed by atoms with Crippen LogP contribution in [0.15, 0.2) is 36.4 Å². The number of aliphatic hydroxyl groups is 6. The standard InChI is InChI=1S/C27H32O14/c1-10-20(32)22(34)24(36)26(37-10)41-25-23(35)21(33)18(9-28)40-27(25)39-17-7-13(30)6-16-19(17)14(31)8-15(38-16)11-2-4-12(29)5-3-11/h2-7,10,15,18,20-30,32-36H,8-9H2,1H3/t10-,15-,18+,20-,21+,22+,23-,24+,25+,26-,27+/m0/s1. The van der Waals surface area contributed by atoms with E-state index in [-0.39, 0.29) is 35.0 Å². The first-order valence-corrected chi connectivity index (χ1v) is 13.0. The third-order valence-corrected chi connectivity index (χ3v) is 7.40. The molecule has 224 valence electrons. The zero-order valence-corrected chi connectivity index (χ0v) is 21.8. The largest absolute Gasteiger partial charge is 0.508 e. The van der Waals surface area contributed by atoms with Crippen molar-refractivity contribution in [2.75, 3.05) is 6.61 Å². The minimum Gasteiger partial charge on any atom is -0.508 e. The van der Waals surface area contributed by atoms with Crippen LogP contribution in [0.3, 0.4) is 0 Å². The molecule has 2 saturated heterocycles. The number of phenolic OH excluding ortho intramolecular Hbond substituents is 2. The minimum absolute atomic E-state index is 0.0149. The lowest BCUT2D eigenvalue weighted by Crippen LogP contribution is -2.64. The van der Waals surface area contributed by atoms with Crippen LogP contribution in [0, 0.1) is 0 Å². The van der Waals surface area contributed by atoms with Gasteiger partial charge in [0.25, 0.3) is 0 Å². The van der Waals surface area contributed by atoms with Crippen molar-refractivity contribution in [3.63, 3.8) is 0 Å². The summed E-state index contributed by atoms with van der Waals surface area (Å²) in [6.45, 7) is 0.689. The monoisotopic (exact) mass is 580 g/mol. The Morgan fingerprint density at radius 3 is 2.24 bits per heavy atom. The lowest BCUT2D eigenvalue weighted by Gasteiger charge is -2.45. The van der Waals surface area contributed by atoms with Crippen LogP contribution in [0.1, 0.15) is 35.4 Å². The van der Waals surface area contributed by atoms with Gasteiger partial charge in [-0.2, -0.15) is 0 Å². The van der Waals surface area contributed by atoms with E-state index >= 15 is 0 Å². The molecule has 0 aromatic heterocycles. The molecule has 2 fully saturated rings. The summed E-state index contributed by atoms with van der Waals surface area (Å²) in [4.78, 5) is 13.3. The Morgan fingerprint density at radius 1 is 0.854 bits per heavy atom. The second-order valence-electron chi connectivity index (χ2n) is 10.2. The molecule has 5 rings (SSSR count). The molecular weight excluding hydrogens is 548 g/mol. The second-order valence-corrected chi connectivity index (χ2v) is 10.2. The number of benzene rings is 2. The molecule has 0 spiro atoms. The first-order valence-electron chi connectivity index (χ1n) is 13.0. The summed E-state index contributed by atoms with van der Waals surface area (Å²) in [5, 5.41) is 81.6. The number of aromatic hydroxyl groups is 2. The Labute approximate surface area is 233 Å². The van der Waals surface area contributed by atoms with Crippen LogP contribution in [0.25, 0.3) is 0 Å². The molecule has 14 nitrogen and oxygen atoms in total. The molecule has 0 saturated carbocycles. The van der Waals surface area contributed by atoms with Crippen molar-refractivity contribution in [1.82, 2.24) is 0 Å². The molecule has 8 N–H and O–H groups in total. The van der Waals surface area contributed by atoms with Gasteiger partial charge in [-0.15, -0.1) is 0 Å². The van der Waals surface area contributed by atoms with Crippen molar-refractivity contribution in [2.24, 2.45) is 0 Å². The van der Waals surface area contributed by atoms with Gasteiger partial charge in [0.05, 0.1) is 19.1 Å². The van der Waals surface area contributed by atoms with Crippen molar-refractivity contribution in [1.29, 1.82) is 0 Å². The van der Waals surface area contributed by atoms with Gasteiger partial charge in [-0.1, -0.05) is 12.1 Å². The first-order chi connectivity index (χ1) is 19.5. The van der Waals surface area contributed by atoms with Crippen LogP contribution in [0.4, 0.5) is 0 Å². The number of fused-ring (bicyclic) bond motifs is 1. The fourth-order valence-electron chi connectivity index (χ4n) is 5.08. The van der Waals surface area contributed by atoms with E-state index in [1.807, 2.05) is 0 Å². The summed E-state index contributed by atoms with van der Waals surface area (Å²) in [5.74, 6) is -0.971. The molecule has 0 amide bonds. The smallest absolute Gasteiger partial charge is 0.229 e. The van der Waals surface area contributed by atoms with E-state index in [1.54, 1.807) is 12.1 Å². The summed E-state index contributed by atoms with van der Waals surface area (Å²) in [7, 11) is 0. The number of carbonyl (C=O) groups is 1. The molecule has 2 aromatic rings. The van der Waals surface area contributed by atoms with Crippen LogP contribution in [-0.4, -0.2) is 115 Å². The van der Waals surface area contributed by atoms with E-state index in [2.05, 4.69) is 0 Å². The molecule has 41 heavy (non-hydrogen) atoms. The van der Waals surface area contributed by atoms with Gasteiger partial charge < -0.3 is 64.5 Å². The van der Waals surface area contributed by atoms with Gasteiger partial charge in [-0.25, -0.2) is 0 Å². The maximum Gasteiger partial charge on any atom is 0.229 e. The molecule has 14 heteroatoms. The molecular formula is C27H32O14. The number of ether oxygens (including phenoxy) is 5. The zero-order valence-electron chi connectivity index (χ0n) is 21.8. The number of carbonyl (C=O) groups excluding carboxylic acids is 1. The van der Waals surface area contributed by atoms with E-state index in [4.69, 9.17) is 23.7 Å². The van der Waals surface area contributed by atoms with Crippen LogP contribution < -0.4 is 9.47 Å². The molecule has 0 unspecified atom stereocenters. The number of rotatable bonds is 6. The topological polar surface area (TPSA) is 225 Å². The van der Waals surface area contributed by atoms with E-state index in [1.165, 1.54) is 25.1 Å². The summed E-state index contributed by atoms with van der Waals surface area (Å²) in [6.07, 6.45) is -16.3. The fourth-order valence-corrected chi connectivity index (χ4v) is 5.08. The second kappa shape index (κ2) is 11.7. The van der Waals surface area contributed by atoms with Gasteiger partial charge in [0.1, 0.15) is 71.3 Å². The number of ketones is 1. The highest BCUT2D eigenvalue weighted by Crippen LogP contribution is 2.43. The molecule has 3 heterocycles. The van der Waals surface area contributed by atoms with Crippen molar-refractivity contribution < 1.29 is 69.3 Å². The highest BCUT2D eigenvalue weighted by molar-refractivity contribution is 6.02. The van der Waals surface area contributed by atoms with Crippen LogP contribution >= 0.6 is 0 Å². The third kappa shape index (κ3) is 5.70. The van der Waals surface area contributed by atoms with Crippen molar-refractivity contribution in [3.8, 4) is 23.0 Å². The lowest BCUT2D eigenvalue weighted by molar-refractivity contribution is -0.354. The van der Waals surface area contributed by atoms with Gasteiger partial charge in [-0.3, -0.25) is 4.79 Å². The van der Waals surface area contributed by atoms with E-state index in [0.717, 1.165) is 6.07 Å². The Hall–Kier alpha value is -3.05. The van der Waals surface area contributed by atoms with Gasteiger partial charge in [0, 0.05) is 12.1 Å². The third-order valence-electron chi connectivity index (χ3n) is 7.40. The maximum atomic E-state index is 13.3. The zero-order chi connectivity index (χ0) is 29.6. The molecule has 3 aliphatic heterocycles. The summed E-state index contributed by atoms with van der Waals surface area (Å²) >= 11 is 0. The molecule has 11 atom stereocenters. The van der Waals surface area contributed by atoms with Crippen molar-refractivity contribution in [2.45, 2.75) is 80.9 Å². The van der Waals surface area contributed by atoms with E-state index in [0.29, 0.717) is 5.56 Å². The number of hydrogen-bond donors (Lipinski definition) is 8. The summed E-state index contributed by atoms with van der Waals surface area (Å²) in [6, 6.07) is 8.41. The maximum absolute atomic E-state index is 13.3. The molecule has 0 radical (unpaired) electrons. The van der Waals surface area contributed by atoms with Crippen molar-refractivity contribution >= 4 is 5.78 Å². The molecule has 3 aliphatic rings. The highest BCUT2D eigenvalue weighted by Gasteiger charge is 2.51. The first kappa shape index (κ1) is 29.4. The SMILES string of the molecule is C[C@@H]1O[C@@H](O[C@H]2[C@H](Oc3cc(O)cc4c3C(=O)C[C@@H](c3ccc(O)cc3)O4)O[C@H](CO)[C@@H](O)[C@@H]2O)[C@H](O)[C@H](O)[C@H]1O. The van der Waals surface area contributed by atoms with Crippen molar-refractivity contribution in [3.05, 3.63) is 47.5 Å². The average Bonchev–Trinajstić information content (AvgIpc) is 2.94. The Morgan fingerprint density at radius 2 is 1.56 bits per heavy atom. The number of aliphatic hydroxyl groups excluding tert-OH is 6. The summed E-state index contributed by atoms with van der Waals surface area (Å²) in [5.41, 5.74) is 0.551. The van der Waals surface area contributed by atoms with Crippen LogP contribution in [0.5, 0.6) is 23.0 Å². The molecule has 0 aliphatic carbocycles. The predicted octanol–water partition coefficient (Wildman–Crippen LogP) is -1.17. The van der Waals surface area contributed by atoms with E-state index in [9.17, 15) is 45.6 Å². The minimum atomic E-state index is -1.78. The van der Waals surface area contributed by atoms with Gasteiger partial charge in [0.2, 0.25) is 6.29 Å². The van der Waals surface area contributed by atoms with Gasteiger partial charge in [-0.05, 0) is 24.6 Å². The Balaban J connectivity index is 1.44. The van der Waals surface area contributed by atoms with Crippen LogP contribution in [0.2, 0.25) is 0 Å². The highest BCUT2D eigenvalue weighted by atomic mass is 16.8. The Kier molecular flexibility index (Phi) is 8.39. The molecule has 0 bridgehead atoms. The number of hydrogen-bond acceptors (Lipinski definition) is 14. The number of phenols is 2. The fraction of sp³-hybridized carbons (Fsp3) is 0.519.